The van der Waals surface area contributed by atoms with Gasteiger partial charge in [0.05, 0.1) is 18.2 Å². The van der Waals surface area contributed by atoms with Crippen LogP contribution in [0.15, 0.2) is 24.3 Å². The Morgan fingerprint density at radius 2 is 2.05 bits per heavy atom. The molecule has 0 aliphatic heterocycles. The Bertz CT molecular complexity index is 452. The van der Waals surface area contributed by atoms with E-state index in [4.69, 9.17) is 15.3 Å². The lowest BCUT2D eigenvalue weighted by Gasteiger charge is -2.36. The Labute approximate surface area is 128 Å². The van der Waals surface area contributed by atoms with E-state index in [1.165, 1.54) is 0 Å². The van der Waals surface area contributed by atoms with Crippen molar-refractivity contribution in [1.29, 1.82) is 0 Å². The Hall–Kier alpha value is -1.10. The predicted octanol–water partition coefficient (Wildman–Crippen LogP) is 3.18. The summed E-state index contributed by atoms with van der Waals surface area (Å²) in [6, 6.07) is 8.10. The van der Waals surface area contributed by atoms with Gasteiger partial charge in [-0.3, -0.25) is 11.3 Å². The molecular formula is C17H28N2O2. The van der Waals surface area contributed by atoms with Crippen LogP contribution in [0.2, 0.25) is 0 Å². The zero-order chi connectivity index (χ0) is 15.5. The van der Waals surface area contributed by atoms with Crippen molar-refractivity contribution in [2.45, 2.75) is 58.8 Å². The summed E-state index contributed by atoms with van der Waals surface area (Å²) in [6.45, 7) is 9.18. The van der Waals surface area contributed by atoms with Gasteiger partial charge < -0.3 is 9.47 Å². The molecule has 0 aromatic heterocycles. The number of hydrazine groups is 1. The van der Waals surface area contributed by atoms with Gasteiger partial charge in [0, 0.05) is 6.61 Å². The summed E-state index contributed by atoms with van der Waals surface area (Å²) in [5.41, 5.74) is 4.01. The van der Waals surface area contributed by atoms with Crippen molar-refractivity contribution in [1.82, 2.24) is 5.43 Å². The quantitative estimate of drug-likeness (QED) is 0.598. The van der Waals surface area contributed by atoms with E-state index in [1.807, 2.05) is 19.1 Å². The van der Waals surface area contributed by atoms with E-state index in [2.05, 4.69) is 38.3 Å². The number of hydrogen-bond acceptors (Lipinski definition) is 4. The van der Waals surface area contributed by atoms with Gasteiger partial charge in [-0.25, -0.2) is 0 Å². The van der Waals surface area contributed by atoms with Gasteiger partial charge in [-0.1, -0.05) is 32.9 Å². The average molecular weight is 292 g/mol. The minimum absolute atomic E-state index is 0.0105. The van der Waals surface area contributed by atoms with Gasteiger partial charge in [0.25, 0.3) is 0 Å². The van der Waals surface area contributed by atoms with E-state index < -0.39 is 0 Å². The summed E-state index contributed by atoms with van der Waals surface area (Å²) in [4.78, 5) is 0. The van der Waals surface area contributed by atoms with E-state index >= 15 is 0 Å². The summed E-state index contributed by atoms with van der Waals surface area (Å²) in [5.74, 6) is 6.74. The van der Waals surface area contributed by atoms with Crippen LogP contribution in [-0.2, 0) is 4.74 Å². The predicted molar refractivity (Wildman–Crippen MR) is 85.0 cm³/mol. The third-order valence-electron chi connectivity index (χ3n) is 3.73. The van der Waals surface area contributed by atoms with Gasteiger partial charge in [-0.2, -0.15) is 0 Å². The Morgan fingerprint density at radius 1 is 1.33 bits per heavy atom. The SMILES string of the molecule is CCOC(C(NN)c1cccc(OC2CC2)c1)C(C)(C)C. The van der Waals surface area contributed by atoms with Crippen molar-refractivity contribution in [2.24, 2.45) is 11.3 Å². The first-order valence-electron chi connectivity index (χ1n) is 7.80. The lowest BCUT2D eigenvalue weighted by Crippen LogP contribution is -2.44. The van der Waals surface area contributed by atoms with Gasteiger partial charge in [0.2, 0.25) is 0 Å². The van der Waals surface area contributed by atoms with Crippen molar-refractivity contribution in [3.63, 3.8) is 0 Å². The van der Waals surface area contributed by atoms with Crippen LogP contribution in [0.3, 0.4) is 0 Å². The molecule has 2 unspecified atom stereocenters. The number of benzene rings is 1. The highest BCUT2D eigenvalue weighted by Crippen LogP contribution is 2.34. The smallest absolute Gasteiger partial charge is 0.120 e. The van der Waals surface area contributed by atoms with E-state index in [9.17, 15) is 0 Å². The van der Waals surface area contributed by atoms with Crippen molar-refractivity contribution in [2.75, 3.05) is 6.61 Å². The molecule has 3 N–H and O–H groups in total. The molecule has 0 saturated heterocycles. The minimum Gasteiger partial charge on any atom is -0.490 e. The molecule has 2 rings (SSSR count). The molecule has 1 fully saturated rings. The lowest BCUT2D eigenvalue weighted by atomic mass is 9.82. The summed E-state index contributed by atoms with van der Waals surface area (Å²) in [7, 11) is 0. The van der Waals surface area contributed by atoms with E-state index in [0.29, 0.717) is 12.7 Å². The van der Waals surface area contributed by atoms with Crippen LogP contribution in [0.5, 0.6) is 5.75 Å². The molecule has 4 heteroatoms. The maximum Gasteiger partial charge on any atom is 0.120 e. The van der Waals surface area contributed by atoms with Crippen molar-refractivity contribution in [3.8, 4) is 5.75 Å². The first kappa shape index (κ1) is 16.3. The molecular weight excluding hydrogens is 264 g/mol. The van der Waals surface area contributed by atoms with Gasteiger partial charge in [0.1, 0.15) is 5.75 Å². The summed E-state index contributed by atoms with van der Waals surface area (Å²) >= 11 is 0. The highest BCUT2D eigenvalue weighted by atomic mass is 16.5. The normalized spacial score (nSPS) is 18.3. The first-order chi connectivity index (χ1) is 9.95. The molecule has 118 valence electrons. The van der Waals surface area contributed by atoms with Crippen molar-refractivity contribution in [3.05, 3.63) is 29.8 Å². The van der Waals surface area contributed by atoms with Gasteiger partial charge in [-0.15, -0.1) is 0 Å². The van der Waals surface area contributed by atoms with E-state index in [0.717, 1.165) is 24.2 Å². The zero-order valence-corrected chi connectivity index (χ0v) is 13.6. The van der Waals surface area contributed by atoms with Crippen molar-refractivity contribution < 1.29 is 9.47 Å². The van der Waals surface area contributed by atoms with Crippen LogP contribution in [0.25, 0.3) is 0 Å². The third-order valence-corrected chi connectivity index (χ3v) is 3.73. The molecule has 1 aromatic carbocycles. The van der Waals surface area contributed by atoms with Gasteiger partial charge in [0.15, 0.2) is 0 Å². The average Bonchev–Trinajstić information content (AvgIpc) is 3.22. The molecule has 1 saturated carbocycles. The van der Waals surface area contributed by atoms with E-state index in [-0.39, 0.29) is 17.6 Å². The molecule has 1 aliphatic rings. The standard InChI is InChI=1S/C17H28N2O2/c1-5-20-16(17(2,3)4)15(19-18)12-7-6-8-14(11-12)21-13-9-10-13/h6-8,11,13,15-16,19H,5,9-10,18H2,1-4H3. The van der Waals surface area contributed by atoms with Gasteiger partial charge >= 0.3 is 0 Å². The molecule has 0 bridgehead atoms. The fourth-order valence-corrected chi connectivity index (χ4v) is 2.54. The maximum atomic E-state index is 5.96. The van der Waals surface area contributed by atoms with Crippen LogP contribution >= 0.6 is 0 Å². The molecule has 1 aromatic rings. The molecule has 2 atom stereocenters. The topological polar surface area (TPSA) is 56.5 Å². The first-order valence-corrected chi connectivity index (χ1v) is 7.80. The lowest BCUT2D eigenvalue weighted by molar-refractivity contribution is -0.0367. The third kappa shape index (κ3) is 4.43. The van der Waals surface area contributed by atoms with Crippen molar-refractivity contribution >= 4 is 0 Å². The number of hydrogen-bond donors (Lipinski definition) is 2. The molecule has 1 aliphatic carbocycles. The second-order valence-electron chi connectivity index (χ2n) is 6.78. The second-order valence-corrected chi connectivity index (χ2v) is 6.78. The number of nitrogens with two attached hydrogens (primary N) is 1. The van der Waals surface area contributed by atoms with Crippen LogP contribution in [0, 0.1) is 5.41 Å². The number of ether oxygens (including phenoxy) is 2. The zero-order valence-electron chi connectivity index (χ0n) is 13.6. The van der Waals surface area contributed by atoms with Crippen LogP contribution in [0.4, 0.5) is 0 Å². The Balaban J connectivity index is 2.21. The largest absolute Gasteiger partial charge is 0.490 e. The second kappa shape index (κ2) is 6.77. The number of rotatable bonds is 7. The Kier molecular flexibility index (Phi) is 5.25. The Morgan fingerprint density at radius 3 is 2.57 bits per heavy atom. The highest BCUT2D eigenvalue weighted by molar-refractivity contribution is 5.32. The molecule has 0 heterocycles. The fourth-order valence-electron chi connectivity index (χ4n) is 2.54. The summed E-state index contributed by atoms with van der Waals surface area (Å²) in [5, 5.41) is 0. The fraction of sp³-hybridized carbons (Fsp3) is 0.647. The number of nitrogens with one attached hydrogen (secondary N) is 1. The molecule has 0 spiro atoms. The monoisotopic (exact) mass is 292 g/mol. The summed E-state index contributed by atoms with van der Waals surface area (Å²) in [6.07, 6.45) is 2.71. The minimum atomic E-state index is -0.0623. The van der Waals surface area contributed by atoms with Crippen LogP contribution < -0.4 is 16.0 Å². The van der Waals surface area contributed by atoms with Crippen LogP contribution in [0.1, 0.15) is 52.1 Å². The molecule has 0 amide bonds. The van der Waals surface area contributed by atoms with E-state index in [1.54, 1.807) is 0 Å². The molecule has 4 nitrogen and oxygen atoms in total. The highest BCUT2D eigenvalue weighted by Gasteiger charge is 2.33. The molecule has 21 heavy (non-hydrogen) atoms. The van der Waals surface area contributed by atoms with Crippen LogP contribution in [-0.4, -0.2) is 18.8 Å². The molecule has 0 radical (unpaired) electrons. The maximum absolute atomic E-state index is 5.96. The summed E-state index contributed by atoms with van der Waals surface area (Å²) < 4.78 is 11.8. The van der Waals surface area contributed by atoms with Gasteiger partial charge in [-0.05, 0) is 42.9 Å².